The van der Waals surface area contributed by atoms with E-state index in [1.807, 2.05) is 18.2 Å². The van der Waals surface area contributed by atoms with E-state index in [9.17, 15) is 9.18 Å². The van der Waals surface area contributed by atoms with Crippen molar-refractivity contribution in [1.82, 2.24) is 14.8 Å². The Labute approximate surface area is 156 Å². The van der Waals surface area contributed by atoms with Crippen molar-refractivity contribution in [3.05, 3.63) is 71.5 Å². The molecule has 138 valence electrons. The third-order valence-corrected chi connectivity index (χ3v) is 4.72. The van der Waals surface area contributed by atoms with E-state index in [0.717, 1.165) is 17.5 Å². The zero-order chi connectivity index (χ0) is 18.8. The van der Waals surface area contributed by atoms with Crippen molar-refractivity contribution in [1.29, 1.82) is 0 Å². The number of carbonyl (C=O) groups is 1. The molecular formula is C20H20FN5O. The highest BCUT2D eigenvalue weighted by molar-refractivity contribution is 5.88. The highest BCUT2D eigenvalue weighted by Gasteiger charge is 2.31. The number of anilines is 2. The maximum Gasteiger partial charge on any atom is 0.250 e. The van der Waals surface area contributed by atoms with Gasteiger partial charge in [-0.15, -0.1) is 5.10 Å². The summed E-state index contributed by atoms with van der Waals surface area (Å²) in [6.07, 6.45) is 1.08. The lowest BCUT2D eigenvalue weighted by Gasteiger charge is -2.31. The smallest absolute Gasteiger partial charge is 0.250 e. The number of carbonyl (C=O) groups excluding carboxylic acids is 1. The lowest BCUT2D eigenvalue weighted by molar-refractivity contribution is -0.115. The van der Waals surface area contributed by atoms with Crippen LogP contribution in [-0.2, 0) is 4.79 Å². The molecule has 0 bridgehead atoms. The molecule has 1 aromatic heterocycles. The van der Waals surface area contributed by atoms with Gasteiger partial charge in [0.25, 0.3) is 5.95 Å². The van der Waals surface area contributed by atoms with E-state index in [1.165, 1.54) is 12.1 Å². The van der Waals surface area contributed by atoms with Gasteiger partial charge in [-0.3, -0.25) is 10.1 Å². The van der Waals surface area contributed by atoms with Crippen LogP contribution in [0.2, 0.25) is 0 Å². The van der Waals surface area contributed by atoms with E-state index in [0.29, 0.717) is 12.4 Å². The van der Waals surface area contributed by atoms with Crippen LogP contribution in [0, 0.1) is 5.82 Å². The van der Waals surface area contributed by atoms with Crippen LogP contribution in [0.15, 0.2) is 54.6 Å². The molecule has 1 amide bonds. The van der Waals surface area contributed by atoms with Gasteiger partial charge in [-0.2, -0.15) is 4.98 Å². The molecule has 0 saturated carbocycles. The van der Waals surface area contributed by atoms with Crippen LogP contribution in [0.3, 0.4) is 0 Å². The maximum atomic E-state index is 13.4. The van der Waals surface area contributed by atoms with E-state index in [-0.39, 0.29) is 29.8 Å². The number of benzene rings is 2. The minimum absolute atomic E-state index is 0.0349. The predicted molar refractivity (Wildman–Crippen MR) is 101 cm³/mol. The molecule has 0 fully saturated rings. The summed E-state index contributed by atoms with van der Waals surface area (Å²) in [7, 11) is 0. The summed E-state index contributed by atoms with van der Waals surface area (Å²) in [6, 6.07) is 16.4. The third kappa shape index (κ3) is 3.53. The summed E-state index contributed by atoms with van der Waals surface area (Å²) in [4.78, 5) is 16.1. The number of fused-ring (bicyclic) bond motifs is 1. The Morgan fingerprint density at radius 1 is 1.19 bits per heavy atom. The molecule has 2 heterocycles. The fourth-order valence-corrected chi connectivity index (χ4v) is 3.31. The summed E-state index contributed by atoms with van der Waals surface area (Å²) in [6.45, 7) is 1.77. The van der Waals surface area contributed by atoms with Gasteiger partial charge in [0.15, 0.2) is 0 Å². The second-order valence-corrected chi connectivity index (χ2v) is 6.52. The van der Waals surface area contributed by atoms with Crippen molar-refractivity contribution in [3.8, 4) is 0 Å². The minimum atomic E-state index is -0.276. The number of aromatic nitrogens is 3. The first-order valence-electron chi connectivity index (χ1n) is 8.97. The second-order valence-electron chi connectivity index (χ2n) is 6.52. The molecule has 0 radical (unpaired) electrons. The van der Waals surface area contributed by atoms with Gasteiger partial charge in [-0.25, -0.2) is 9.07 Å². The summed E-state index contributed by atoms with van der Waals surface area (Å²) in [5.74, 6) is 0.430. The van der Waals surface area contributed by atoms with Crippen LogP contribution >= 0.6 is 0 Å². The second kappa shape index (κ2) is 7.19. The zero-order valence-corrected chi connectivity index (χ0v) is 14.9. The summed E-state index contributed by atoms with van der Waals surface area (Å²) >= 11 is 0. The predicted octanol–water partition coefficient (Wildman–Crippen LogP) is 3.91. The molecular weight excluding hydrogens is 345 g/mol. The van der Waals surface area contributed by atoms with Crippen molar-refractivity contribution < 1.29 is 9.18 Å². The normalized spacial score (nSPS) is 18.4. The molecule has 27 heavy (non-hydrogen) atoms. The number of hydrogen-bond donors (Lipinski definition) is 2. The lowest BCUT2D eigenvalue weighted by Crippen LogP contribution is -2.28. The van der Waals surface area contributed by atoms with Gasteiger partial charge in [0, 0.05) is 6.42 Å². The van der Waals surface area contributed by atoms with Gasteiger partial charge in [0.05, 0.1) is 12.1 Å². The average molecular weight is 365 g/mol. The first-order chi connectivity index (χ1) is 13.1. The molecule has 2 N–H and O–H groups in total. The van der Waals surface area contributed by atoms with Crippen molar-refractivity contribution in [2.24, 2.45) is 0 Å². The highest BCUT2D eigenvalue weighted by atomic mass is 19.1. The standard InChI is InChI=1S/C20H20FN5O/c1-2-18(27)23-19-24-20-22-16(13-6-4-3-5-7-13)12-17(26(20)25-19)14-8-10-15(21)11-9-14/h3-11,16-17H,2,12H2,1H3,(H2,22,23,24,25,27)/t16-,17+/m0/s1. The Kier molecular flexibility index (Phi) is 4.58. The number of halogens is 1. The van der Waals surface area contributed by atoms with E-state index >= 15 is 0 Å². The van der Waals surface area contributed by atoms with Crippen molar-refractivity contribution >= 4 is 17.8 Å². The molecule has 1 aliphatic rings. The Balaban J connectivity index is 1.72. The number of hydrogen-bond acceptors (Lipinski definition) is 4. The van der Waals surface area contributed by atoms with Crippen LogP contribution in [0.1, 0.15) is 43.0 Å². The van der Waals surface area contributed by atoms with E-state index in [4.69, 9.17) is 0 Å². The molecule has 3 aromatic rings. The van der Waals surface area contributed by atoms with Gasteiger partial charge in [-0.05, 0) is 29.7 Å². The SMILES string of the molecule is CCC(=O)Nc1nc2n(n1)[C@@H](c1ccc(F)cc1)C[C@@H](c1ccccc1)N2. The third-order valence-electron chi connectivity index (χ3n) is 4.72. The fraction of sp³-hybridized carbons (Fsp3) is 0.250. The molecule has 7 heteroatoms. The van der Waals surface area contributed by atoms with Crippen LogP contribution < -0.4 is 10.6 Å². The summed E-state index contributed by atoms with van der Waals surface area (Å²) < 4.78 is 15.1. The van der Waals surface area contributed by atoms with Crippen molar-refractivity contribution in [2.75, 3.05) is 10.6 Å². The van der Waals surface area contributed by atoms with Crippen LogP contribution in [0.4, 0.5) is 16.3 Å². The van der Waals surface area contributed by atoms with Crippen molar-refractivity contribution in [2.45, 2.75) is 31.8 Å². The molecule has 2 aromatic carbocycles. The number of amides is 1. The monoisotopic (exact) mass is 365 g/mol. The number of nitrogens with one attached hydrogen (secondary N) is 2. The Bertz CT molecular complexity index is 939. The van der Waals surface area contributed by atoms with Crippen molar-refractivity contribution in [3.63, 3.8) is 0 Å². The van der Waals surface area contributed by atoms with Gasteiger partial charge in [-0.1, -0.05) is 49.4 Å². The average Bonchev–Trinajstić information content (AvgIpc) is 3.10. The van der Waals surface area contributed by atoms with Gasteiger partial charge in [0.2, 0.25) is 11.9 Å². The van der Waals surface area contributed by atoms with Crippen LogP contribution in [0.5, 0.6) is 0 Å². The molecule has 0 spiro atoms. The first-order valence-corrected chi connectivity index (χ1v) is 8.97. The lowest BCUT2D eigenvalue weighted by atomic mass is 9.93. The summed E-state index contributed by atoms with van der Waals surface area (Å²) in [5.41, 5.74) is 2.08. The number of nitrogens with zero attached hydrogens (tertiary/aromatic N) is 3. The molecule has 0 saturated heterocycles. The first kappa shape index (κ1) is 17.2. The van der Waals surface area contributed by atoms with E-state index in [2.05, 4.69) is 32.8 Å². The molecule has 0 aliphatic carbocycles. The topological polar surface area (TPSA) is 71.8 Å². The van der Waals surface area contributed by atoms with Crippen LogP contribution in [-0.4, -0.2) is 20.7 Å². The van der Waals surface area contributed by atoms with E-state index < -0.39 is 0 Å². The summed E-state index contributed by atoms with van der Waals surface area (Å²) in [5, 5.41) is 10.6. The number of rotatable bonds is 4. The molecule has 0 unspecified atom stereocenters. The Morgan fingerprint density at radius 3 is 2.63 bits per heavy atom. The molecule has 6 nitrogen and oxygen atoms in total. The zero-order valence-electron chi connectivity index (χ0n) is 14.9. The van der Waals surface area contributed by atoms with Crippen LogP contribution in [0.25, 0.3) is 0 Å². The largest absolute Gasteiger partial charge is 0.347 e. The van der Waals surface area contributed by atoms with Gasteiger partial charge >= 0.3 is 0 Å². The minimum Gasteiger partial charge on any atom is -0.347 e. The molecule has 2 atom stereocenters. The molecule has 1 aliphatic heterocycles. The van der Waals surface area contributed by atoms with Gasteiger partial charge < -0.3 is 5.32 Å². The van der Waals surface area contributed by atoms with E-state index in [1.54, 1.807) is 23.7 Å². The quantitative estimate of drug-likeness (QED) is 0.735. The highest BCUT2D eigenvalue weighted by Crippen LogP contribution is 2.38. The molecule has 4 rings (SSSR count). The fourth-order valence-electron chi connectivity index (χ4n) is 3.31. The maximum absolute atomic E-state index is 13.4. The Morgan fingerprint density at radius 2 is 1.93 bits per heavy atom. The van der Waals surface area contributed by atoms with Gasteiger partial charge in [0.1, 0.15) is 5.82 Å². The Hall–Kier alpha value is -3.22.